The molecule has 0 radical (unpaired) electrons. The molecule has 0 bridgehead atoms. The zero-order chi connectivity index (χ0) is 16.2. The molecule has 0 aliphatic rings. The molecule has 1 nitrogen and oxygen atoms in total. The molecular weight excluding hydrogens is 333 g/mol. The van der Waals surface area contributed by atoms with Gasteiger partial charge in [-0.05, 0) is 47.1 Å². The van der Waals surface area contributed by atoms with Gasteiger partial charge in [0, 0.05) is 10.6 Å². The van der Waals surface area contributed by atoms with Crippen LogP contribution in [0.5, 0.6) is 0 Å². The van der Waals surface area contributed by atoms with Gasteiger partial charge in [-0.1, -0.05) is 35.9 Å². The second-order valence-corrected chi connectivity index (χ2v) is 6.33. The largest absolute Gasteiger partial charge is 0.612 e. The lowest BCUT2D eigenvalue weighted by Crippen LogP contribution is -2.04. The maximum atomic E-state index is 12.4. The van der Waals surface area contributed by atoms with Gasteiger partial charge in [0.05, 0.1) is 5.56 Å². The summed E-state index contributed by atoms with van der Waals surface area (Å²) >= 11 is 4.52. The highest BCUT2D eigenvalue weighted by Crippen LogP contribution is 2.29. The van der Waals surface area contributed by atoms with E-state index in [1.165, 1.54) is 17.5 Å². The van der Waals surface area contributed by atoms with E-state index < -0.39 is 22.9 Å². The van der Waals surface area contributed by atoms with Crippen LogP contribution in [0, 0.1) is 0 Å². The van der Waals surface area contributed by atoms with Crippen LogP contribution in [0.1, 0.15) is 16.7 Å². The Hall–Kier alpha value is -1.43. The summed E-state index contributed by atoms with van der Waals surface area (Å²) in [6, 6.07) is 11.7. The summed E-state index contributed by atoms with van der Waals surface area (Å²) in [5.41, 5.74) is 0.740. The number of rotatable bonds is 4. The molecule has 0 fully saturated rings. The van der Waals surface area contributed by atoms with Gasteiger partial charge in [-0.15, -0.1) is 0 Å². The topological polar surface area (TPSA) is 23.1 Å². The fraction of sp³-hybridized carbons (Fsp3) is 0.125. The normalized spacial score (nSPS) is 13.5. The molecule has 0 N–H and O–H groups in total. The first-order valence-corrected chi connectivity index (χ1v) is 8.08. The van der Waals surface area contributed by atoms with Crippen molar-refractivity contribution in [1.82, 2.24) is 0 Å². The fourth-order valence-electron chi connectivity index (χ4n) is 1.73. The molecule has 0 amide bonds. The summed E-state index contributed by atoms with van der Waals surface area (Å²) in [5.74, 6) is 0.328. The number of hydrogen-bond donors (Lipinski definition) is 0. The van der Waals surface area contributed by atoms with Crippen LogP contribution in [-0.2, 0) is 23.1 Å². The molecule has 0 heterocycles. The molecule has 2 aromatic carbocycles. The van der Waals surface area contributed by atoms with Crippen LogP contribution in [-0.4, -0.2) is 4.55 Å². The molecule has 0 aliphatic carbocycles. The van der Waals surface area contributed by atoms with Crippen LogP contribution in [0.3, 0.4) is 0 Å². The molecule has 0 aromatic heterocycles. The third-order valence-corrected chi connectivity index (χ3v) is 4.18. The fourth-order valence-corrected chi connectivity index (χ4v) is 2.78. The van der Waals surface area contributed by atoms with Crippen LogP contribution in [0.15, 0.2) is 53.9 Å². The Bertz CT molecular complexity index is 636. The molecule has 0 aliphatic heterocycles. The van der Waals surface area contributed by atoms with Crippen LogP contribution < -0.4 is 0 Å². The molecule has 6 heteroatoms. The van der Waals surface area contributed by atoms with Crippen LogP contribution in [0.2, 0.25) is 5.02 Å². The maximum absolute atomic E-state index is 12.4. The Morgan fingerprint density at radius 2 is 1.59 bits per heavy atom. The molecule has 22 heavy (non-hydrogen) atoms. The van der Waals surface area contributed by atoms with Gasteiger partial charge in [0.2, 0.25) is 0 Å². The average Bonchev–Trinajstić information content (AvgIpc) is 2.47. The van der Waals surface area contributed by atoms with E-state index in [0.29, 0.717) is 16.3 Å². The van der Waals surface area contributed by atoms with E-state index in [1.807, 2.05) is 0 Å². The van der Waals surface area contributed by atoms with E-state index in [-0.39, 0.29) is 0 Å². The second kappa shape index (κ2) is 7.22. The van der Waals surface area contributed by atoms with Crippen molar-refractivity contribution >= 4 is 28.9 Å². The lowest BCUT2D eigenvalue weighted by Gasteiger charge is -2.07. The number of alkyl halides is 3. The van der Waals surface area contributed by atoms with Gasteiger partial charge in [-0.25, -0.2) is 0 Å². The first-order valence-electron chi connectivity index (χ1n) is 6.32. The van der Waals surface area contributed by atoms with Crippen molar-refractivity contribution in [3.8, 4) is 0 Å². The zero-order valence-electron chi connectivity index (χ0n) is 11.3. The monoisotopic (exact) mass is 344 g/mol. The quantitative estimate of drug-likeness (QED) is 0.692. The first-order chi connectivity index (χ1) is 10.3. The molecule has 116 valence electrons. The molecule has 0 saturated heterocycles. The molecule has 0 spiro atoms. The smallest absolute Gasteiger partial charge is 0.416 e. The molecule has 1 unspecified atom stereocenters. The van der Waals surface area contributed by atoms with E-state index in [4.69, 9.17) is 11.6 Å². The number of hydrogen-bond acceptors (Lipinski definition) is 1. The van der Waals surface area contributed by atoms with Crippen molar-refractivity contribution in [3.05, 3.63) is 75.7 Å². The Morgan fingerprint density at radius 3 is 2.14 bits per heavy atom. The Morgan fingerprint density at radius 1 is 1.00 bits per heavy atom. The minimum absolute atomic E-state index is 0.328. The van der Waals surface area contributed by atoms with Crippen LogP contribution in [0.4, 0.5) is 13.2 Å². The summed E-state index contributed by atoms with van der Waals surface area (Å²) in [4.78, 5) is 0. The summed E-state index contributed by atoms with van der Waals surface area (Å²) in [5, 5.41) is 2.08. The van der Waals surface area contributed by atoms with Gasteiger partial charge >= 0.3 is 6.18 Å². The van der Waals surface area contributed by atoms with E-state index in [2.05, 4.69) is 0 Å². The Labute approximate surface area is 134 Å². The minimum atomic E-state index is -4.35. The van der Waals surface area contributed by atoms with Gasteiger partial charge in [0.1, 0.15) is 11.2 Å². The van der Waals surface area contributed by atoms with Crippen molar-refractivity contribution in [2.24, 2.45) is 0 Å². The predicted molar refractivity (Wildman–Crippen MR) is 83.8 cm³/mol. The standard InChI is InChI=1S/C16H12ClF3OS/c17-15-7-3-13(4-8-15)11-22(21)10-9-12-1-5-14(6-2-12)16(18,19)20/h1-10H,11H2/b10-9+. The zero-order valence-corrected chi connectivity index (χ0v) is 12.9. The highest BCUT2D eigenvalue weighted by atomic mass is 35.5. The van der Waals surface area contributed by atoms with Gasteiger partial charge < -0.3 is 4.55 Å². The molecule has 2 aromatic rings. The third kappa shape index (κ3) is 5.09. The molecule has 1 atom stereocenters. The highest BCUT2D eigenvalue weighted by molar-refractivity contribution is 7.93. The summed E-state index contributed by atoms with van der Waals surface area (Å²) in [7, 11) is 0. The summed E-state index contributed by atoms with van der Waals surface area (Å²) < 4.78 is 49.2. The number of benzene rings is 2. The van der Waals surface area contributed by atoms with Crippen molar-refractivity contribution in [1.29, 1.82) is 0 Å². The Kier molecular flexibility index (Phi) is 5.56. The van der Waals surface area contributed by atoms with Crippen molar-refractivity contribution in [2.75, 3.05) is 0 Å². The van der Waals surface area contributed by atoms with Crippen molar-refractivity contribution in [3.63, 3.8) is 0 Å². The summed E-state index contributed by atoms with van der Waals surface area (Å²) in [6.45, 7) is 0. The third-order valence-electron chi connectivity index (χ3n) is 2.87. The van der Waals surface area contributed by atoms with Gasteiger partial charge in [0.25, 0.3) is 0 Å². The number of halogens is 4. The minimum Gasteiger partial charge on any atom is -0.612 e. The SMILES string of the molecule is [O-][S+](/C=C/c1ccc(C(F)(F)F)cc1)Cc1ccc(Cl)cc1. The molecule has 2 rings (SSSR count). The van der Waals surface area contributed by atoms with E-state index >= 15 is 0 Å². The predicted octanol–water partition coefficient (Wildman–Crippen LogP) is 5.28. The molecular formula is C16H12ClF3OS. The molecule has 0 saturated carbocycles. The van der Waals surface area contributed by atoms with Gasteiger partial charge in [-0.3, -0.25) is 0 Å². The Balaban J connectivity index is 1.97. The summed E-state index contributed by atoms with van der Waals surface area (Å²) in [6.07, 6.45) is -2.80. The lowest BCUT2D eigenvalue weighted by atomic mass is 10.1. The van der Waals surface area contributed by atoms with E-state index in [9.17, 15) is 17.7 Å². The van der Waals surface area contributed by atoms with E-state index in [1.54, 1.807) is 30.3 Å². The van der Waals surface area contributed by atoms with Crippen LogP contribution in [0.25, 0.3) is 6.08 Å². The second-order valence-electron chi connectivity index (χ2n) is 4.57. The average molecular weight is 345 g/mol. The highest BCUT2D eigenvalue weighted by Gasteiger charge is 2.29. The van der Waals surface area contributed by atoms with Crippen molar-refractivity contribution < 1.29 is 17.7 Å². The van der Waals surface area contributed by atoms with Crippen LogP contribution >= 0.6 is 11.6 Å². The van der Waals surface area contributed by atoms with Gasteiger partial charge in [0.15, 0.2) is 0 Å². The maximum Gasteiger partial charge on any atom is 0.416 e. The van der Waals surface area contributed by atoms with E-state index in [0.717, 1.165) is 17.7 Å². The van der Waals surface area contributed by atoms with Gasteiger partial charge in [-0.2, -0.15) is 13.2 Å². The van der Waals surface area contributed by atoms with Crippen molar-refractivity contribution in [2.45, 2.75) is 11.9 Å². The lowest BCUT2D eigenvalue weighted by molar-refractivity contribution is -0.137. The first kappa shape index (κ1) is 16.9.